The maximum absolute atomic E-state index is 6.37. The standard InChI is InChI=1S/C17H21ClN2O/c1-4-19-12-13-9-10-14(11-15(13)18)20(2)16-7-5-6-8-17(16)21-3/h5-11,19H,4,12H2,1-3H3. The van der Waals surface area contributed by atoms with Crippen LogP contribution in [0, 0.1) is 0 Å². The van der Waals surface area contributed by atoms with E-state index in [1.54, 1.807) is 7.11 Å². The van der Waals surface area contributed by atoms with Crippen molar-refractivity contribution in [1.29, 1.82) is 0 Å². The van der Waals surface area contributed by atoms with Crippen LogP contribution in [0.5, 0.6) is 5.75 Å². The van der Waals surface area contributed by atoms with Crippen molar-refractivity contribution < 1.29 is 4.74 Å². The second-order valence-electron chi connectivity index (χ2n) is 4.79. The van der Waals surface area contributed by atoms with Crippen molar-refractivity contribution in [2.75, 3.05) is 25.6 Å². The van der Waals surface area contributed by atoms with E-state index < -0.39 is 0 Å². The summed E-state index contributed by atoms with van der Waals surface area (Å²) in [6.45, 7) is 3.80. The third kappa shape index (κ3) is 3.69. The van der Waals surface area contributed by atoms with Gasteiger partial charge in [-0.2, -0.15) is 0 Å². The molecule has 0 aliphatic carbocycles. The molecule has 4 heteroatoms. The molecule has 0 atom stereocenters. The van der Waals surface area contributed by atoms with E-state index in [0.29, 0.717) is 0 Å². The molecule has 0 fully saturated rings. The quantitative estimate of drug-likeness (QED) is 0.864. The van der Waals surface area contributed by atoms with Gasteiger partial charge in [0.25, 0.3) is 0 Å². The number of para-hydroxylation sites is 2. The van der Waals surface area contributed by atoms with Crippen LogP contribution in [0.3, 0.4) is 0 Å². The predicted molar refractivity (Wildman–Crippen MR) is 89.9 cm³/mol. The van der Waals surface area contributed by atoms with Gasteiger partial charge in [0.2, 0.25) is 0 Å². The molecule has 0 radical (unpaired) electrons. The second kappa shape index (κ2) is 7.34. The Morgan fingerprint density at radius 1 is 1.19 bits per heavy atom. The van der Waals surface area contributed by atoms with Crippen LogP contribution in [0.2, 0.25) is 5.02 Å². The van der Waals surface area contributed by atoms with Gasteiger partial charge in [0.1, 0.15) is 5.75 Å². The summed E-state index contributed by atoms with van der Waals surface area (Å²) in [5.41, 5.74) is 3.15. The van der Waals surface area contributed by atoms with Gasteiger partial charge in [-0.05, 0) is 36.4 Å². The molecule has 0 unspecified atom stereocenters. The highest BCUT2D eigenvalue weighted by molar-refractivity contribution is 6.31. The van der Waals surface area contributed by atoms with Crippen molar-refractivity contribution in [3.63, 3.8) is 0 Å². The number of benzene rings is 2. The molecule has 21 heavy (non-hydrogen) atoms. The van der Waals surface area contributed by atoms with E-state index in [0.717, 1.165) is 40.8 Å². The number of anilines is 2. The summed E-state index contributed by atoms with van der Waals surface area (Å²) >= 11 is 6.37. The number of nitrogens with one attached hydrogen (secondary N) is 1. The summed E-state index contributed by atoms with van der Waals surface area (Å²) in [6, 6.07) is 14.1. The SMILES string of the molecule is CCNCc1ccc(N(C)c2ccccc2OC)cc1Cl. The summed E-state index contributed by atoms with van der Waals surface area (Å²) in [6.07, 6.45) is 0. The van der Waals surface area contributed by atoms with Crippen LogP contribution in [0.4, 0.5) is 11.4 Å². The normalized spacial score (nSPS) is 10.5. The number of hydrogen-bond donors (Lipinski definition) is 1. The maximum atomic E-state index is 6.37. The number of halogens is 1. The molecule has 0 spiro atoms. The fourth-order valence-electron chi connectivity index (χ4n) is 2.19. The first-order valence-corrected chi connectivity index (χ1v) is 7.41. The summed E-state index contributed by atoms with van der Waals surface area (Å²) in [4.78, 5) is 2.07. The van der Waals surface area contributed by atoms with Crippen LogP contribution in [0.15, 0.2) is 42.5 Å². The van der Waals surface area contributed by atoms with Crippen molar-refractivity contribution in [2.45, 2.75) is 13.5 Å². The summed E-state index contributed by atoms with van der Waals surface area (Å²) < 4.78 is 5.41. The molecule has 0 aromatic heterocycles. The minimum absolute atomic E-state index is 0.773. The molecule has 3 nitrogen and oxygen atoms in total. The van der Waals surface area contributed by atoms with E-state index in [1.807, 2.05) is 37.4 Å². The van der Waals surface area contributed by atoms with Gasteiger partial charge in [0, 0.05) is 24.3 Å². The molecule has 1 N–H and O–H groups in total. The molecule has 112 valence electrons. The van der Waals surface area contributed by atoms with Gasteiger partial charge in [-0.15, -0.1) is 0 Å². The molecular formula is C17H21ClN2O. The van der Waals surface area contributed by atoms with Crippen LogP contribution >= 0.6 is 11.6 Å². The molecule has 0 saturated heterocycles. The van der Waals surface area contributed by atoms with E-state index in [-0.39, 0.29) is 0 Å². The van der Waals surface area contributed by atoms with E-state index >= 15 is 0 Å². The van der Waals surface area contributed by atoms with Crippen molar-refractivity contribution >= 4 is 23.0 Å². The average molecular weight is 305 g/mol. The van der Waals surface area contributed by atoms with Gasteiger partial charge in [-0.3, -0.25) is 0 Å². The minimum Gasteiger partial charge on any atom is -0.495 e. The highest BCUT2D eigenvalue weighted by atomic mass is 35.5. The lowest BCUT2D eigenvalue weighted by Crippen LogP contribution is -2.13. The molecule has 2 aromatic carbocycles. The van der Waals surface area contributed by atoms with Crippen LogP contribution in [-0.2, 0) is 6.54 Å². The van der Waals surface area contributed by atoms with Gasteiger partial charge >= 0.3 is 0 Å². The molecule has 0 saturated carbocycles. The maximum Gasteiger partial charge on any atom is 0.142 e. The largest absolute Gasteiger partial charge is 0.495 e. The smallest absolute Gasteiger partial charge is 0.142 e. The van der Waals surface area contributed by atoms with Crippen LogP contribution in [0.1, 0.15) is 12.5 Å². The number of methoxy groups -OCH3 is 1. The molecule has 2 aromatic rings. The summed E-state index contributed by atoms with van der Waals surface area (Å²) in [7, 11) is 3.69. The lowest BCUT2D eigenvalue weighted by Gasteiger charge is -2.22. The zero-order chi connectivity index (χ0) is 15.2. The Bertz CT molecular complexity index is 601. The lowest BCUT2D eigenvalue weighted by molar-refractivity contribution is 0.415. The number of nitrogens with zero attached hydrogens (tertiary/aromatic N) is 1. The van der Waals surface area contributed by atoms with Gasteiger partial charge in [0.05, 0.1) is 12.8 Å². The minimum atomic E-state index is 0.773. The molecule has 0 heterocycles. The Hall–Kier alpha value is -1.71. The van der Waals surface area contributed by atoms with Crippen molar-refractivity contribution in [1.82, 2.24) is 5.32 Å². The fourth-order valence-corrected chi connectivity index (χ4v) is 2.44. The molecule has 0 bridgehead atoms. The Kier molecular flexibility index (Phi) is 5.48. The highest BCUT2D eigenvalue weighted by Crippen LogP contribution is 2.33. The van der Waals surface area contributed by atoms with Gasteiger partial charge < -0.3 is 15.0 Å². The highest BCUT2D eigenvalue weighted by Gasteiger charge is 2.11. The monoisotopic (exact) mass is 304 g/mol. The van der Waals surface area contributed by atoms with E-state index in [9.17, 15) is 0 Å². The topological polar surface area (TPSA) is 24.5 Å². The number of hydrogen-bond acceptors (Lipinski definition) is 3. The van der Waals surface area contributed by atoms with Crippen molar-refractivity contribution in [3.8, 4) is 5.75 Å². The number of ether oxygens (including phenoxy) is 1. The van der Waals surface area contributed by atoms with Gasteiger partial charge in [0.15, 0.2) is 0 Å². The van der Waals surface area contributed by atoms with Crippen LogP contribution in [0.25, 0.3) is 0 Å². The average Bonchev–Trinajstić information content (AvgIpc) is 2.53. The second-order valence-corrected chi connectivity index (χ2v) is 5.19. The Labute approximate surface area is 131 Å². The van der Waals surface area contributed by atoms with E-state index in [1.165, 1.54) is 0 Å². The van der Waals surface area contributed by atoms with Crippen molar-refractivity contribution in [3.05, 3.63) is 53.1 Å². The molecule has 0 aliphatic rings. The Morgan fingerprint density at radius 2 is 1.95 bits per heavy atom. The third-order valence-electron chi connectivity index (χ3n) is 3.44. The third-order valence-corrected chi connectivity index (χ3v) is 3.79. The molecule has 0 amide bonds. The number of rotatable bonds is 6. The van der Waals surface area contributed by atoms with Crippen LogP contribution in [-0.4, -0.2) is 20.7 Å². The molecular weight excluding hydrogens is 284 g/mol. The molecule has 0 aliphatic heterocycles. The summed E-state index contributed by atoms with van der Waals surface area (Å²) in [5, 5.41) is 4.06. The van der Waals surface area contributed by atoms with Crippen molar-refractivity contribution in [2.24, 2.45) is 0 Å². The summed E-state index contributed by atoms with van der Waals surface area (Å²) in [5.74, 6) is 0.841. The van der Waals surface area contributed by atoms with E-state index in [4.69, 9.17) is 16.3 Å². The molecule has 2 rings (SSSR count). The first-order chi connectivity index (χ1) is 10.2. The zero-order valence-corrected chi connectivity index (χ0v) is 13.4. The lowest BCUT2D eigenvalue weighted by atomic mass is 10.1. The predicted octanol–water partition coefficient (Wildman–Crippen LogP) is 4.23. The van der Waals surface area contributed by atoms with Gasteiger partial charge in [-0.1, -0.05) is 36.7 Å². The first kappa shape index (κ1) is 15.7. The Morgan fingerprint density at radius 3 is 2.62 bits per heavy atom. The Balaban J connectivity index is 2.27. The fraction of sp³-hybridized carbons (Fsp3) is 0.294. The van der Waals surface area contributed by atoms with Gasteiger partial charge in [-0.25, -0.2) is 0 Å². The zero-order valence-electron chi connectivity index (χ0n) is 12.7. The van der Waals surface area contributed by atoms with Crippen LogP contribution < -0.4 is 15.0 Å². The first-order valence-electron chi connectivity index (χ1n) is 7.03. The van der Waals surface area contributed by atoms with E-state index in [2.05, 4.69) is 29.3 Å².